The number of imidazole rings is 1. The van der Waals surface area contributed by atoms with Gasteiger partial charge >= 0.3 is 110 Å². The summed E-state index contributed by atoms with van der Waals surface area (Å²) in [6, 6.07) is 7.08. The fourth-order valence-electron chi connectivity index (χ4n) is 1.45. The molecule has 0 unspecified atom stereocenters. The van der Waals surface area contributed by atoms with Crippen LogP contribution in [0.3, 0.4) is 0 Å². The Bertz CT molecular complexity index is 521. The van der Waals surface area contributed by atoms with E-state index in [0.717, 1.165) is 15.8 Å². The summed E-state index contributed by atoms with van der Waals surface area (Å²) in [5, 5.41) is 0. The van der Waals surface area contributed by atoms with Crippen molar-refractivity contribution in [3.05, 3.63) is 48.0 Å². The van der Waals surface area contributed by atoms with E-state index in [1.165, 1.54) is 0 Å². The predicted octanol–water partition coefficient (Wildman–Crippen LogP) is -2.57. The average Bonchev–Trinajstić information content (AvgIpc) is 2.78. The summed E-state index contributed by atoms with van der Waals surface area (Å²) >= 11 is -0.279. The molecule has 0 aliphatic heterocycles. The number of nitrogens with zero attached hydrogens (tertiary/aromatic N) is 2. The van der Waals surface area contributed by atoms with E-state index in [2.05, 4.69) is 4.98 Å². The van der Waals surface area contributed by atoms with Gasteiger partial charge in [0.2, 0.25) is 0 Å². The molecule has 0 aliphatic rings. The van der Waals surface area contributed by atoms with E-state index in [-0.39, 0.29) is 21.5 Å². The van der Waals surface area contributed by atoms with Gasteiger partial charge in [-0.1, -0.05) is 0 Å². The number of amides is 1. The van der Waals surface area contributed by atoms with E-state index in [1.54, 1.807) is 18.5 Å². The van der Waals surface area contributed by atoms with Gasteiger partial charge in [0.15, 0.2) is 0 Å². The molecule has 1 aromatic heterocycles. The van der Waals surface area contributed by atoms with Gasteiger partial charge in [0, 0.05) is 0 Å². The van der Waals surface area contributed by atoms with Gasteiger partial charge in [-0.2, -0.15) is 0 Å². The van der Waals surface area contributed by atoms with Crippen molar-refractivity contribution in [3.63, 3.8) is 0 Å². The van der Waals surface area contributed by atoms with Crippen LogP contribution in [0.25, 0.3) is 5.69 Å². The molecule has 1 heterocycles. The van der Waals surface area contributed by atoms with E-state index in [4.69, 9.17) is 9.68 Å². The van der Waals surface area contributed by atoms with Gasteiger partial charge in [-0.15, -0.1) is 0 Å². The molecule has 17 heavy (non-hydrogen) atoms. The monoisotopic (exact) mass is 343 g/mol. The van der Waals surface area contributed by atoms with E-state index in [1.807, 2.05) is 22.9 Å². The molecule has 0 saturated carbocycles. The van der Waals surface area contributed by atoms with Crippen LogP contribution in [0, 0.1) is 0 Å². The first-order valence-electron chi connectivity index (χ1n) is 4.91. The Morgan fingerprint density at radius 3 is 2.65 bits per heavy atom. The molecule has 0 aliphatic carbocycles. The molecule has 0 spiro atoms. The van der Waals surface area contributed by atoms with Crippen molar-refractivity contribution in [1.82, 2.24) is 9.55 Å². The number of carbonyl (C=O) groups is 1. The van der Waals surface area contributed by atoms with Gasteiger partial charge < -0.3 is 0 Å². The summed E-state index contributed by atoms with van der Waals surface area (Å²) in [7, 11) is 0. The first-order chi connectivity index (χ1) is 8.20. The zero-order valence-electron chi connectivity index (χ0n) is 9.01. The van der Waals surface area contributed by atoms with Crippen LogP contribution in [-0.2, 0) is 4.43 Å². The summed E-state index contributed by atoms with van der Waals surface area (Å²) in [5.41, 5.74) is 7.63. The normalized spacial score (nSPS) is 10.6. The summed E-state index contributed by atoms with van der Waals surface area (Å²) in [4.78, 5) is 15.2. The Kier molecular flexibility index (Phi) is 3.75. The van der Waals surface area contributed by atoms with Crippen LogP contribution >= 0.6 is 0 Å². The van der Waals surface area contributed by atoms with Crippen LogP contribution in [0.15, 0.2) is 36.8 Å². The Labute approximate surface area is 109 Å². The fourth-order valence-corrected chi connectivity index (χ4v) is 2.30. The second-order valence-corrected chi connectivity index (χ2v) is 5.11. The van der Waals surface area contributed by atoms with E-state index < -0.39 is 5.91 Å². The molecule has 0 radical (unpaired) electrons. The number of nitrogens with two attached hydrogens (primary N) is 2. The number of rotatable bonds is 4. The standard InChI is InChI=1S/C11H12IN4O/c13-11(17)8-1-3-10(4-2-8)16-6-9(5-12-14)15-7-16/h1-4,6-7H,5,14H2,(H2,13,17)/q-1. The van der Waals surface area contributed by atoms with E-state index in [0.29, 0.717) is 5.56 Å². The number of hydrogen-bond acceptors (Lipinski definition) is 3. The number of primary amides is 1. The number of aromatic nitrogens is 2. The van der Waals surface area contributed by atoms with Crippen molar-refractivity contribution in [2.75, 3.05) is 0 Å². The summed E-state index contributed by atoms with van der Waals surface area (Å²) in [6.07, 6.45) is 3.69. The number of hydrogen-bond donors (Lipinski definition) is 2. The van der Waals surface area contributed by atoms with E-state index >= 15 is 0 Å². The van der Waals surface area contributed by atoms with Crippen molar-refractivity contribution in [3.8, 4) is 5.69 Å². The van der Waals surface area contributed by atoms with Crippen LogP contribution < -0.4 is 31.2 Å². The number of benzene rings is 1. The molecular weight excluding hydrogens is 331 g/mol. The molecule has 2 rings (SSSR count). The van der Waals surface area contributed by atoms with Crippen LogP contribution in [0.4, 0.5) is 0 Å². The molecule has 0 atom stereocenters. The number of carbonyl (C=O) groups excluding carboxylic acids is 1. The minimum absolute atomic E-state index is 0.279. The Balaban J connectivity index is 2.23. The van der Waals surface area contributed by atoms with Crippen molar-refractivity contribution in [2.24, 2.45) is 9.68 Å². The van der Waals surface area contributed by atoms with Crippen LogP contribution in [-0.4, -0.2) is 15.5 Å². The van der Waals surface area contributed by atoms with Crippen molar-refractivity contribution in [1.29, 1.82) is 0 Å². The number of halogens is 1. The molecule has 6 heteroatoms. The molecule has 0 saturated heterocycles. The van der Waals surface area contributed by atoms with Gasteiger partial charge in [0.1, 0.15) is 0 Å². The molecule has 5 nitrogen and oxygen atoms in total. The third-order valence-electron chi connectivity index (χ3n) is 2.30. The van der Waals surface area contributed by atoms with Gasteiger partial charge in [0.25, 0.3) is 0 Å². The van der Waals surface area contributed by atoms with Crippen LogP contribution in [0.2, 0.25) is 0 Å². The van der Waals surface area contributed by atoms with Gasteiger partial charge in [-0.3, -0.25) is 0 Å². The summed E-state index contributed by atoms with van der Waals surface area (Å²) in [6.45, 7) is 0. The van der Waals surface area contributed by atoms with E-state index in [9.17, 15) is 4.79 Å². The molecule has 1 aromatic carbocycles. The molecule has 90 valence electrons. The zero-order chi connectivity index (χ0) is 12.3. The topological polar surface area (TPSA) is 86.9 Å². The zero-order valence-corrected chi connectivity index (χ0v) is 11.2. The van der Waals surface area contributed by atoms with Crippen molar-refractivity contribution in [2.45, 2.75) is 4.43 Å². The maximum atomic E-state index is 10.9. The van der Waals surface area contributed by atoms with Gasteiger partial charge in [0.05, 0.1) is 0 Å². The molecule has 2 aromatic rings. The Hall–Kier alpha value is -1.41. The maximum absolute atomic E-state index is 10.9. The third-order valence-corrected chi connectivity index (χ3v) is 3.52. The predicted molar refractivity (Wildman–Crippen MR) is 60.0 cm³/mol. The fraction of sp³-hybridized carbons (Fsp3) is 0.0909. The Morgan fingerprint density at radius 1 is 1.35 bits per heavy atom. The van der Waals surface area contributed by atoms with Gasteiger partial charge in [-0.25, -0.2) is 0 Å². The average molecular weight is 343 g/mol. The number of alkyl halides is 1. The first-order valence-corrected chi connectivity index (χ1v) is 7.68. The van der Waals surface area contributed by atoms with Gasteiger partial charge in [-0.05, 0) is 0 Å². The molecule has 4 N–H and O–H groups in total. The molecule has 1 amide bonds. The Morgan fingerprint density at radius 2 is 2.06 bits per heavy atom. The second-order valence-electron chi connectivity index (χ2n) is 3.47. The summed E-state index contributed by atoms with van der Waals surface area (Å²) < 4.78 is 8.34. The van der Waals surface area contributed by atoms with Crippen molar-refractivity contribution < 1.29 is 26.3 Å². The third kappa shape index (κ3) is 2.83. The molecule has 0 fully saturated rings. The second kappa shape index (κ2) is 5.28. The SMILES string of the molecule is N[I-]Cc1cn(-c2ccc(C(N)=O)cc2)cn1. The molecule has 0 bridgehead atoms. The quantitative estimate of drug-likeness (QED) is 0.364. The van der Waals surface area contributed by atoms with Crippen molar-refractivity contribution >= 4 is 5.91 Å². The van der Waals surface area contributed by atoms with Crippen LogP contribution in [0.5, 0.6) is 0 Å². The minimum atomic E-state index is -0.421. The molecular formula is C11H12IN4O-. The first kappa shape index (κ1) is 12.1. The summed E-state index contributed by atoms with van der Waals surface area (Å²) in [5.74, 6) is -0.421. The van der Waals surface area contributed by atoms with Crippen LogP contribution in [0.1, 0.15) is 16.1 Å².